The van der Waals surface area contributed by atoms with Gasteiger partial charge in [-0.05, 0) is 42.4 Å². The summed E-state index contributed by atoms with van der Waals surface area (Å²) >= 11 is 0. The summed E-state index contributed by atoms with van der Waals surface area (Å²) in [6.45, 7) is 1.39. The van der Waals surface area contributed by atoms with Crippen molar-refractivity contribution in [3.05, 3.63) is 35.4 Å². The number of benzene rings is 1. The average Bonchev–Trinajstić information content (AvgIpc) is 3.00. The van der Waals surface area contributed by atoms with Crippen LogP contribution in [0.4, 0.5) is 0 Å². The minimum atomic E-state index is -0.975. The first-order valence-corrected chi connectivity index (χ1v) is 8.13. The van der Waals surface area contributed by atoms with Crippen LogP contribution in [0.2, 0.25) is 0 Å². The van der Waals surface area contributed by atoms with Gasteiger partial charge >= 0.3 is 5.97 Å². The number of hydrogen-bond acceptors (Lipinski definition) is 3. The molecule has 1 fully saturated rings. The van der Waals surface area contributed by atoms with Gasteiger partial charge < -0.3 is 15.2 Å². The number of rotatable bonds is 8. The molecular formula is C18H25NO4. The zero-order valence-electron chi connectivity index (χ0n) is 13.6. The summed E-state index contributed by atoms with van der Waals surface area (Å²) in [4.78, 5) is 23.1. The third-order valence-corrected chi connectivity index (χ3v) is 4.70. The summed E-state index contributed by atoms with van der Waals surface area (Å²) in [6.07, 6.45) is 5.86. The standard InChI is InChI=1S/C18H25NO4/c1-23-10-9-18(7-2-3-8-18)13-19-16(20)12-14-5-4-6-15(11-14)17(21)22/h4-6,11H,2-3,7-10,12-13H2,1H3,(H,19,20)(H,21,22). The summed E-state index contributed by atoms with van der Waals surface area (Å²) < 4.78 is 5.20. The predicted molar refractivity (Wildman–Crippen MR) is 87.5 cm³/mol. The molecule has 5 heteroatoms. The molecule has 0 spiro atoms. The molecule has 0 saturated heterocycles. The van der Waals surface area contributed by atoms with Crippen LogP contribution in [-0.4, -0.2) is 37.2 Å². The van der Waals surface area contributed by atoms with Gasteiger partial charge in [-0.2, -0.15) is 0 Å². The topological polar surface area (TPSA) is 75.6 Å². The van der Waals surface area contributed by atoms with Crippen LogP contribution in [0.5, 0.6) is 0 Å². The van der Waals surface area contributed by atoms with Gasteiger partial charge in [0.2, 0.25) is 5.91 Å². The van der Waals surface area contributed by atoms with Crippen molar-refractivity contribution in [3.63, 3.8) is 0 Å². The molecule has 0 atom stereocenters. The van der Waals surface area contributed by atoms with E-state index in [1.165, 1.54) is 18.9 Å². The third-order valence-electron chi connectivity index (χ3n) is 4.70. The van der Waals surface area contributed by atoms with Gasteiger partial charge in [0.25, 0.3) is 0 Å². The molecule has 1 aliphatic rings. The maximum absolute atomic E-state index is 12.2. The molecule has 0 radical (unpaired) electrons. The Hall–Kier alpha value is -1.88. The lowest BCUT2D eigenvalue weighted by Gasteiger charge is -2.29. The van der Waals surface area contributed by atoms with Crippen molar-refractivity contribution in [2.24, 2.45) is 5.41 Å². The Morgan fingerprint density at radius 3 is 2.70 bits per heavy atom. The predicted octanol–water partition coefficient (Wildman–Crippen LogP) is 2.64. The van der Waals surface area contributed by atoms with Crippen LogP contribution in [0.3, 0.4) is 0 Å². The van der Waals surface area contributed by atoms with Crippen LogP contribution in [0, 0.1) is 5.41 Å². The number of carboxylic acid groups (broad SMARTS) is 1. The van der Waals surface area contributed by atoms with Gasteiger partial charge in [0, 0.05) is 20.3 Å². The Bertz CT molecular complexity index is 550. The van der Waals surface area contributed by atoms with Gasteiger partial charge in [-0.25, -0.2) is 4.79 Å². The smallest absolute Gasteiger partial charge is 0.335 e. The zero-order valence-corrected chi connectivity index (χ0v) is 13.6. The second kappa shape index (κ2) is 8.11. The fraction of sp³-hybridized carbons (Fsp3) is 0.556. The minimum Gasteiger partial charge on any atom is -0.478 e. The number of ether oxygens (including phenoxy) is 1. The van der Waals surface area contributed by atoms with E-state index in [0.717, 1.165) is 31.4 Å². The van der Waals surface area contributed by atoms with Gasteiger partial charge in [-0.3, -0.25) is 4.79 Å². The maximum atomic E-state index is 12.2. The van der Waals surface area contributed by atoms with Crippen LogP contribution in [0.25, 0.3) is 0 Å². The Morgan fingerprint density at radius 2 is 2.04 bits per heavy atom. The number of hydrogen-bond donors (Lipinski definition) is 2. The van der Waals surface area contributed by atoms with Crippen molar-refractivity contribution >= 4 is 11.9 Å². The fourth-order valence-corrected chi connectivity index (χ4v) is 3.31. The molecule has 0 unspecified atom stereocenters. The number of amides is 1. The summed E-state index contributed by atoms with van der Waals surface area (Å²) in [7, 11) is 1.71. The molecule has 0 aromatic heterocycles. The summed E-state index contributed by atoms with van der Waals surface area (Å²) in [5.41, 5.74) is 1.09. The van der Waals surface area contributed by atoms with Crippen molar-refractivity contribution in [2.75, 3.05) is 20.3 Å². The van der Waals surface area contributed by atoms with Crippen molar-refractivity contribution < 1.29 is 19.4 Å². The third kappa shape index (κ3) is 5.06. The summed E-state index contributed by atoms with van der Waals surface area (Å²) in [5.74, 6) is -1.03. The minimum absolute atomic E-state index is 0.0590. The van der Waals surface area contributed by atoms with Crippen LogP contribution < -0.4 is 5.32 Å². The molecule has 126 valence electrons. The first-order valence-electron chi connectivity index (χ1n) is 8.13. The second-order valence-corrected chi connectivity index (χ2v) is 6.41. The molecule has 0 heterocycles. The highest BCUT2D eigenvalue weighted by Crippen LogP contribution is 2.40. The SMILES string of the molecule is COCCC1(CNC(=O)Cc2cccc(C(=O)O)c2)CCCC1. The largest absolute Gasteiger partial charge is 0.478 e. The number of nitrogens with one attached hydrogen (secondary N) is 1. The van der Waals surface area contributed by atoms with Crippen molar-refractivity contribution in [1.82, 2.24) is 5.32 Å². The second-order valence-electron chi connectivity index (χ2n) is 6.41. The molecule has 1 amide bonds. The highest BCUT2D eigenvalue weighted by atomic mass is 16.5. The number of carbonyl (C=O) groups excluding carboxylic acids is 1. The van der Waals surface area contributed by atoms with E-state index >= 15 is 0 Å². The Labute approximate surface area is 137 Å². The maximum Gasteiger partial charge on any atom is 0.335 e. The Morgan fingerprint density at radius 1 is 1.30 bits per heavy atom. The molecule has 1 aromatic carbocycles. The average molecular weight is 319 g/mol. The van der Waals surface area contributed by atoms with E-state index in [9.17, 15) is 9.59 Å². The van der Waals surface area contributed by atoms with E-state index in [1.54, 1.807) is 25.3 Å². The first-order chi connectivity index (χ1) is 11.0. The number of carboxylic acids is 1. The van der Waals surface area contributed by atoms with Crippen molar-refractivity contribution in [2.45, 2.75) is 38.5 Å². The lowest BCUT2D eigenvalue weighted by molar-refractivity contribution is -0.121. The van der Waals surface area contributed by atoms with Gasteiger partial charge in [0.05, 0.1) is 12.0 Å². The van der Waals surface area contributed by atoms with Gasteiger partial charge in [0.1, 0.15) is 0 Å². The normalized spacial score (nSPS) is 16.2. The quantitative estimate of drug-likeness (QED) is 0.772. The number of methoxy groups -OCH3 is 1. The van der Waals surface area contributed by atoms with Gasteiger partial charge in [-0.1, -0.05) is 25.0 Å². The van der Waals surface area contributed by atoms with Crippen LogP contribution in [-0.2, 0) is 16.0 Å². The van der Waals surface area contributed by atoms with Gasteiger partial charge in [0.15, 0.2) is 0 Å². The molecule has 1 saturated carbocycles. The molecule has 0 bridgehead atoms. The van der Waals surface area contributed by atoms with E-state index in [0.29, 0.717) is 6.54 Å². The summed E-state index contributed by atoms with van der Waals surface area (Å²) in [5, 5.41) is 12.0. The van der Waals surface area contributed by atoms with E-state index in [1.807, 2.05) is 0 Å². The van der Waals surface area contributed by atoms with E-state index in [2.05, 4.69) is 5.32 Å². The van der Waals surface area contributed by atoms with Crippen LogP contribution in [0.15, 0.2) is 24.3 Å². The summed E-state index contributed by atoms with van der Waals surface area (Å²) in [6, 6.07) is 6.53. The number of carbonyl (C=O) groups is 2. The highest BCUT2D eigenvalue weighted by molar-refractivity contribution is 5.88. The fourth-order valence-electron chi connectivity index (χ4n) is 3.31. The molecular weight excluding hydrogens is 294 g/mol. The van der Waals surface area contributed by atoms with Crippen molar-refractivity contribution in [1.29, 1.82) is 0 Å². The molecule has 23 heavy (non-hydrogen) atoms. The number of aromatic carboxylic acids is 1. The molecule has 5 nitrogen and oxygen atoms in total. The van der Waals surface area contributed by atoms with Crippen LogP contribution >= 0.6 is 0 Å². The van der Waals surface area contributed by atoms with Crippen molar-refractivity contribution in [3.8, 4) is 0 Å². The van der Waals surface area contributed by atoms with Crippen LogP contribution in [0.1, 0.15) is 48.0 Å². The highest BCUT2D eigenvalue weighted by Gasteiger charge is 2.33. The Kier molecular flexibility index (Phi) is 6.16. The molecule has 1 aliphatic carbocycles. The molecule has 2 rings (SSSR count). The van der Waals surface area contributed by atoms with E-state index < -0.39 is 5.97 Å². The van der Waals surface area contributed by atoms with E-state index in [-0.39, 0.29) is 23.3 Å². The molecule has 2 N–H and O–H groups in total. The first kappa shape index (κ1) is 17.5. The lowest BCUT2D eigenvalue weighted by Crippen LogP contribution is -2.37. The molecule has 0 aliphatic heterocycles. The lowest BCUT2D eigenvalue weighted by atomic mass is 9.83. The zero-order chi connectivity index (χ0) is 16.7. The molecule has 1 aromatic rings. The monoisotopic (exact) mass is 319 g/mol. The van der Waals surface area contributed by atoms with E-state index in [4.69, 9.17) is 9.84 Å². The Balaban J connectivity index is 1.89. The van der Waals surface area contributed by atoms with Gasteiger partial charge in [-0.15, -0.1) is 0 Å².